The molecule has 3 heteroatoms. The van der Waals surface area contributed by atoms with Crippen LogP contribution in [0.1, 0.15) is 19.8 Å². The van der Waals surface area contributed by atoms with E-state index >= 15 is 0 Å². The van der Waals surface area contributed by atoms with E-state index in [0.29, 0.717) is 6.10 Å². The summed E-state index contributed by atoms with van der Waals surface area (Å²) in [6.45, 7) is 2.27. The Balaban J connectivity index is 1.73. The summed E-state index contributed by atoms with van der Waals surface area (Å²) < 4.78 is 11.4. The second-order valence-corrected chi connectivity index (χ2v) is 5.80. The summed E-state index contributed by atoms with van der Waals surface area (Å²) in [4.78, 5) is 0. The van der Waals surface area contributed by atoms with E-state index in [1.54, 1.807) is 7.69 Å². The van der Waals surface area contributed by atoms with Crippen LogP contribution in [-0.4, -0.2) is 19.4 Å². The molecule has 1 aliphatic heterocycles. The Morgan fingerprint density at radius 1 is 1.23 bits per heavy atom. The maximum Gasteiger partial charge on any atom is 0.488 e. The molecule has 1 spiro atoms. The second kappa shape index (κ2) is 1.41. The zero-order chi connectivity index (χ0) is 8.42. The molecular formula is C10H12BO2. The van der Waals surface area contributed by atoms with Gasteiger partial charge in [-0.1, -0.05) is 0 Å². The van der Waals surface area contributed by atoms with Gasteiger partial charge in [-0.25, -0.2) is 0 Å². The summed E-state index contributed by atoms with van der Waals surface area (Å²) in [5, 5.41) is 0. The Kier molecular flexibility index (Phi) is 0.703. The lowest BCUT2D eigenvalue weighted by molar-refractivity contribution is -0.00713. The molecule has 0 aromatic heterocycles. The van der Waals surface area contributed by atoms with Gasteiger partial charge < -0.3 is 9.31 Å². The van der Waals surface area contributed by atoms with E-state index < -0.39 is 0 Å². The van der Waals surface area contributed by atoms with Gasteiger partial charge in [0.15, 0.2) is 0 Å². The smallest absolute Gasteiger partial charge is 0.407 e. The quantitative estimate of drug-likeness (QED) is 0.511. The Bertz CT molecular complexity index is 323. The van der Waals surface area contributed by atoms with Gasteiger partial charge in [0.1, 0.15) is 0 Å². The topological polar surface area (TPSA) is 18.5 Å². The maximum atomic E-state index is 5.74. The van der Waals surface area contributed by atoms with Gasteiger partial charge in [-0.15, -0.1) is 0 Å². The van der Waals surface area contributed by atoms with Gasteiger partial charge in [-0.05, 0) is 48.9 Å². The second-order valence-electron chi connectivity index (χ2n) is 5.80. The van der Waals surface area contributed by atoms with Crippen LogP contribution in [0, 0.1) is 29.1 Å². The highest BCUT2D eigenvalue weighted by Gasteiger charge is 2.93. The van der Waals surface area contributed by atoms with Gasteiger partial charge >= 0.3 is 7.69 Å². The third kappa shape index (κ3) is 0.368. The molecule has 5 fully saturated rings. The zero-order valence-electron chi connectivity index (χ0n) is 7.69. The third-order valence-corrected chi connectivity index (χ3v) is 6.03. The summed E-state index contributed by atoms with van der Waals surface area (Å²) >= 11 is 0. The number of rotatable bonds is 0. The Morgan fingerprint density at radius 3 is 2.85 bits per heavy atom. The Labute approximate surface area is 78.3 Å². The highest BCUT2D eigenvalue weighted by molar-refractivity contribution is 6.19. The summed E-state index contributed by atoms with van der Waals surface area (Å²) in [6.07, 6.45) is 3.26. The lowest BCUT2D eigenvalue weighted by Gasteiger charge is -2.42. The molecule has 1 heterocycles. The average Bonchev–Trinajstić information content (AvgIpc) is 2.28. The van der Waals surface area contributed by atoms with Crippen LogP contribution in [0.5, 0.6) is 0 Å². The van der Waals surface area contributed by atoms with E-state index in [0.717, 1.165) is 29.1 Å². The minimum absolute atomic E-state index is 0.0619. The van der Waals surface area contributed by atoms with Crippen molar-refractivity contribution in [2.45, 2.75) is 31.5 Å². The van der Waals surface area contributed by atoms with Crippen LogP contribution in [0.4, 0.5) is 0 Å². The molecule has 1 radical (unpaired) electrons. The Morgan fingerprint density at radius 2 is 2.08 bits per heavy atom. The molecule has 5 rings (SSSR count). The van der Waals surface area contributed by atoms with Gasteiger partial charge in [0, 0.05) is 0 Å². The summed E-state index contributed by atoms with van der Waals surface area (Å²) in [5.74, 6) is 3.84. The summed E-state index contributed by atoms with van der Waals surface area (Å²) in [7, 11) is 1.60. The first-order valence-electron chi connectivity index (χ1n) is 5.44. The zero-order valence-corrected chi connectivity index (χ0v) is 7.69. The molecule has 7 atom stereocenters. The largest absolute Gasteiger partial charge is 0.488 e. The van der Waals surface area contributed by atoms with Gasteiger partial charge in [0.2, 0.25) is 0 Å². The van der Waals surface area contributed by atoms with Crippen molar-refractivity contribution in [1.82, 2.24) is 0 Å². The minimum Gasteiger partial charge on any atom is -0.407 e. The fourth-order valence-electron chi connectivity index (χ4n) is 5.55. The first-order valence-corrected chi connectivity index (χ1v) is 5.44. The van der Waals surface area contributed by atoms with Crippen molar-refractivity contribution < 1.29 is 9.31 Å². The van der Waals surface area contributed by atoms with E-state index in [1.807, 2.05) is 0 Å². The fraction of sp³-hybridized carbons (Fsp3) is 1.00. The predicted molar refractivity (Wildman–Crippen MR) is 45.7 cm³/mol. The lowest BCUT2D eigenvalue weighted by atomic mass is 9.64. The maximum absolute atomic E-state index is 5.74. The highest BCUT2D eigenvalue weighted by atomic mass is 16.7. The van der Waals surface area contributed by atoms with Crippen molar-refractivity contribution in [3.63, 3.8) is 0 Å². The average molecular weight is 175 g/mol. The summed E-state index contributed by atoms with van der Waals surface area (Å²) in [5.41, 5.74) is 0.806. The van der Waals surface area contributed by atoms with E-state index in [4.69, 9.17) is 9.31 Å². The first kappa shape index (κ1) is 6.47. The van der Waals surface area contributed by atoms with Gasteiger partial charge in [-0.3, -0.25) is 0 Å². The summed E-state index contributed by atoms with van der Waals surface area (Å²) in [6, 6.07) is 0. The fourth-order valence-corrected chi connectivity index (χ4v) is 5.55. The van der Waals surface area contributed by atoms with E-state index in [1.165, 1.54) is 12.8 Å². The Hall–Kier alpha value is -0.0151. The molecule has 13 heavy (non-hydrogen) atoms. The first-order chi connectivity index (χ1) is 6.29. The van der Waals surface area contributed by atoms with Crippen molar-refractivity contribution in [3.8, 4) is 0 Å². The third-order valence-electron chi connectivity index (χ3n) is 6.03. The molecule has 4 aliphatic carbocycles. The molecule has 0 aromatic carbocycles. The van der Waals surface area contributed by atoms with Crippen LogP contribution in [0.2, 0.25) is 0 Å². The van der Waals surface area contributed by atoms with Gasteiger partial charge in [0.05, 0.1) is 11.7 Å². The van der Waals surface area contributed by atoms with Gasteiger partial charge in [-0.2, -0.15) is 0 Å². The van der Waals surface area contributed by atoms with Crippen molar-refractivity contribution >= 4 is 7.69 Å². The normalized spacial score (nSPS) is 79.9. The molecule has 4 saturated carbocycles. The lowest BCUT2D eigenvalue weighted by Crippen LogP contribution is -2.43. The monoisotopic (exact) mass is 175 g/mol. The van der Waals surface area contributed by atoms with Crippen LogP contribution in [0.15, 0.2) is 0 Å². The molecule has 5 aliphatic rings. The van der Waals surface area contributed by atoms with Crippen LogP contribution < -0.4 is 0 Å². The molecule has 6 unspecified atom stereocenters. The number of fused-ring (bicyclic) bond motifs is 4. The number of hydrogen-bond donors (Lipinski definition) is 0. The van der Waals surface area contributed by atoms with E-state index in [9.17, 15) is 0 Å². The van der Waals surface area contributed by atoms with Crippen LogP contribution in [0.3, 0.4) is 0 Å². The minimum atomic E-state index is 0.0619. The van der Waals surface area contributed by atoms with Crippen molar-refractivity contribution in [3.05, 3.63) is 0 Å². The predicted octanol–water partition coefficient (Wildman–Crippen LogP) is 0.980. The molecule has 0 amide bonds. The van der Waals surface area contributed by atoms with Crippen LogP contribution >= 0.6 is 0 Å². The molecule has 0 N–H and O–H groups in total. The van der Waals surface area contributed by atoms with Crippen molar-refractivity contribution in [1.29, 1.82) is 0 Å². The van der Waals surface area contributed by atoms with Crippen molar-refractivity contribution in [2.75, 3.05) is 0 Å². The SMILES string of the molecule is C[C@@]12O[B]OC1C1CC3C4CC2C341. The van der Waals surface area contributed by atoms with E-state index in [2.05, 4.69) is 6.92 Å². The van der Waals surface area contributed by atoms with Crippen molar-refractivity contribution in [2.24, 2.45) is 29.1 Å². The molecule has 2 nitrogen and oxygen atoms in total. The molecule has 0 aromatic rings. The molecule has 67 valence electrons. The molecular weight excluding hydrogens is 163 g/mol. The van der Waals surface area contributed by atoms with E-state index in [-0.39, 0.29) is 5.60 Å². The van der Waals surface area contributed by atoms with Crippen LogP contribution in [0.25, 0.3) is 0 Å². The standard InChI is InChI=1S/C10H12BO2/c1-9-7-3-5-4-2-6(10(4,5)7)8(9)12-11-13-9/h4-8H,2-3H2,1H3/t4?,5?,6?,7?,8?,9-,10?/m0/s1. The molecule has 0 bridgehead atoms. The number of hydrogen-bond acceptors (Lipinski definition) is 2. The molecule has 1 saturated heterocycles. The van der Waals surface area contributed by atoms with Crippen LogP contribution in [-0.2, 0) is 9.31 Å². The van der Waals surface area contributed by atoms with Gasteiger partial charge in [0.25, 0.3) is 0 Å². The highest BCUT2D eigenvalue weighted by Crippen LogP contribution is 2.93.